The van der Waals surface area contributed by atoms with Crippen molar-refractivity contribution < 1.29 is 14.6 Å². The fourth-order valence-corrected chi connectivity index (χ4v) is 1.73. The molecule has 2 N–H and O–H groups in total. The van der Waals surface area contributed by atoms with Crippen molar-refractivity contribution in [2.24, 2.45) is 5.92 Å². The van der Waals surface area contributed by atoms with E-state index in [4.69, 9.17) is 21.4 Å². The standard InChI is InChI=1S/C14H20ClNO3/c1-9(2)13(14(18)16-10(3)8-17)19-12-6-4-5-11(15)7-12/h4-7,9-10,13,17H,8H2,1-3H3,(H,16,18)/t10-,13-/m0/s1. The van der Waals surface area contributed by atoms with Crippen molar-refractivity contribution in [2.45, 2.75) is 32.9 Å². The van der Waals surface area contributed by atoms with Gasteiger partial charge in [-0.3, -0.25) is 4.79 Å². The summed E-state index contributed by atoms with van der Waals surface area (Å²) in [6.45, 7) is 5.43. The number of hydrogen-bond donors (Lipinski definition) is 2. The zero-order valence-corrected chi connectivity index (χ0v) is 12.1. The number of halogens is 1. The fourth-order valence-electron chi connectivity index (χ4n) is 1.55. The van der Waals surface area contributed by atoms with E-state index >= 15 is 0 Å². The highest BCUT2D eigenvalue weighted by Gasteiger charge is 2.25. The Morgan fingerprint density at radius 1 is 1.42 bits per heavy atom. The van der Waals surface area contributed by atoms with Gasteiger partial charge >= 0.3 is 0 Å². The minimum Gasteiger partial charge on any atom is -0.480 e. The number of benzene rings is 1. The Bertz CT molecular complexity index is 423. The summed E-state index contributed by atoms with van der Waals surface area (Å²) in [4.78, 5) is 12.1. The van der Waals surface area contributed by atoms with Gasteiger partial charge in [-0.25, -0.2) is 0 Å². The van der Waals surface area contributed by atoms with Crippen molar-refractivity contribution in [1.82, 2.24) is 5.32 Å². The van der Waals surface area contributed by atoms with Crippen molar-refractivity contribution in [2.75, 3.05) is 6.61 Å². The highest BCUT2D eigenvalue weighted by molar-refractivity contribution is 6.30. The summed E-state index contributed by atoms with van der Waals surface area (Å²) in [5, 5.41) is 12.2. The van der Waals surface area contributed by atoms with Gasteiger partial charge in [-0.15, -0.1) is 0 Å². The largest absolute Gasteiger partial charge is 0.480 e. The molecule has 0 aliphatic carbocycles. The first-order valence-corrected chi connectivity index (χ1v) is 6.65. The Morgan fingerprint density at radius 2 is 2.11 bits per heavy atom. The average molecular weight is 286 g/mol. The maximum absolute atomic E-state index is 12.1. The SMILES string of the molecule is CC(C)[C@H](Oc1cccc(Cl)c1)C(=O)N[C@@H](C)CO. The highest BCUT2D eigenvalue weighted by atomic mass is 35.5. The van der Waals surface area contributed by atoms with Crippen LogP contribution in [0.1, 0.15) is 20.8 Å². The molecule has 106 valence electrons. The molecule has 1 aromatic rings. The lowest BCUT2D eigenvalue weighted by Gasteiger charge is -2.23. The Hall–Kier alpha value is -1.26. The molecule has 0 fully saturated rings. The predicted molar refractivity (Wildman–Crippen MR) is 75.4 cm³/mol. The quantitative estimate of drug-likeness (QED) is 0.843. The van der Waals surface area contributed by atoms with Gasteiger partial charge in [-0.05, 0) is 31.0 Å². The molecule has 1 aromatic carbocycles. The molecule has 19 heavy (non-hydrogen) atoms. The minimum atomic E-state index is -0.618. The maximum atomic E-state index is 12.1. The van der Waals surface area contributed by atoms with Crippen molar-refractivity contribution in [3.63, 3.8) is 0 Å². The van der Waals surface area contributed by atoms with E-state index in [0.29, 0.717) is 10.8 Å². The summed E-state index contributed by atoms with van der Waals surface area (Å²) >= 11 is 5.88. The molecule has 0 heterocycles. The Kier molecular flexibility index (Phi) is 6.12. The maximum Gasteiger partial charge on any atom is 0.261 e. The summed E-state index contributed by atoms with van der Waals surface area (Å²) in [5.74, 6) is 0.319. The summed E-state index contributed by atoms with van der Waals surface area (Å²) in [7, 11) is 0. The van der Waals surface area contributed by atoms with Crippen LogP contribution < -0.4 is 10.1 Å². The molecule has 2 atom stereocenters. The topological polar surface area (TPSA) is 58.6 Å². The smallest absolute Gasteiger partial charge is 0.261 e. The van der Waals surface area contributed by atoms with E-state index in [9.17, 15) is 4.79 Å². The zero-order chi connectivity index (χ0) is 14.4. The number of ether oxygens (including phenoxy) is 1. The predicted octanol–water partition coefficient (Wildman–Crippen LogP) is 2.24. The molecular weight excluding hydrogens is 266 g/mol. The second-order valence-electron chi connectivity index (χ2n) is 4.83. The van der Waals surface area contributed by atoms with Crippen LogP contribution in [0.5, 0.6) is 5.75 Å². The van der Waals surface area contributed by atoms with Crippen LogP contribution in [-0.2, 0) is 4.79 Å². The summed E-state index contributed by atoms with van der Waals surface area (Å²) in [5.41, 5.74) is 0. The van der Waals surface area contributed by atoms with Crippen LogP contribution in [0.25, 0.3) is 0 Å². The van der Waals surface area contributed by atoms with Crippen molar-refractivity contribution >= 4 is 17.5 Å². The number of hydrogen-bond acceptors (Lipinski definition) is 3. The van der Waals surface area contributed by atoms with Gasteiger partial charge in [0.25, 0.3) is 5.91 Å². The van der Waals surface area contributed by atoms with E-state index in [-0.39, 0.29) is 24.5 Å². The number of nitrogens with one attached hydrogen (secondary N) is 1. The molecule has 0 unspecified atom stereocenters. The fraction of sp³-hybridized carbons (Fsp3) is 0.500. The molecule has 0 aliphatic heterocycles. The Morgan fingerprint density at radius 3 is 2.63 bits per heavy atom. The van der Waals surface area contributed by atoms with E-state index in [1.165, 1.54) is 0 Å². The van der Waals surface area contributed by atoms with E-state index < -0.39 is 6.10 Å². The van der Waals surface area contributed by atoms with Gasteiger partial charge in [0, 0.05) is 11.1 Å². The Labute approximate surface area is 118 Å². The minimum absolute atomic E-state index is 0.00451. The molecule has 4 nitrogen and oxygen atoms in total. The highest BCUT2D eigenvalue weighted by Crippen LogP contribution is 2.20. The van der Waals surface area contributed by atoms with Crippen LogP contribution in [-0.4, -0.2) is 29.8 Å². The molecule has 0 radical (unpaired) electrons. The van der Waals surface area contributed by atoms with Crippen molar-refractivity contribution in [3.05, 3.63) is 29.3 Å². The third-order valence-corrected chi connectivity index (χ3v) is 2.82. The van der Waals surface area contributed by atoms with Crippen molar-refractivity contribution in [1.29, 1.82) is 0 Å². The van der Waals surface area contributed by atoms with Crippen LogP contribution >= 0.6 is 11.6 Å². The molecule has 0 aliphatic rings. The number of aliphatic hydroxyl groups excluding tert-OH is 1. The molecule has 0 spiro atoms. The van der Waals surface area contributed by atoms with Crippen LogP contribution in [0.15, 0.2) is 24.3 Å². The number of carbonyl (C=O) groups excluding carboxylic acids is 1. The zero-order valence-electron chi connectivity index (χ0n) is 11.4. The normalized spacial score (nSPS) is 14.0. The number of aliphatic hydroxyl groups is 1. The van der Waals surface area contributed by atoms with Gasteiger partial charge < -0.3 is 15.2 Å². The monoisotopic (exact) mass is 285 g/mol. The molecule has 1 rings (SSSR count). The second-order valence-corrected chi connectivity index (χ2v) is 5.27. The van der Waals surface area contributed by atoms with Gasteiger partial charge in [0.05, 0.1) is 6.61 Å². The third kappa shape index (κ3) is 5.09. The average Bonchev–Trinajstić information content (AvgIpc) is 2.35. The first-order valence-electron chi connectivity index (χ1n) is 6.27. The van der Waals surface area contributed by atoms with E-state index in [1.54, 1.807) is 31.2 Å². The molecule has 0 bridgehead atoms. The van der Waals surface area contributed by atoms with Gasteiger partial charge in [-0.2, -0.15) is 0 Å². The molecule has 0 saturated heterocycles. The molecule has 0 saturated carbocycles. The lowest BCUT2D eigenvalue weighted by Crippen LogP contribution is -2.46. The van der Waals surface area contributed by atoms with Gasteiger partial charge in [0.2, 0.25) is 0 Å². The summed E-state index contributed by atoms with van der Waals surface area (Å²) in [6, 6.07) is 6.64. The number of carbonyl (C=O) groups is 1. The van der Waals surface area contributed by atoms with Gasteiger partial charge in [-0.1, -0.05) is 31.5 Å². The lowest BCUT2D eigenvalue weighted by molar-refractivity contribution is -0.130. The van der Waals surface area contributed by atoms with Crippen molar-refractivity contribution in [3.8, 4) is 5.75 Å². The van der Waals surface area contributed by atoms with E-state index in [1.807, 2.05) is 13.8 Å². The summed E-state index contributed by atoms with van der Waals surface area (Å²) < 4.78 is 5.69. The number of amides is 1. The van der Waals surface area contributed by atoms with Gasteiger partial charge in [0.1, 0.15) is 5.75 Å². The molecule has 0 aromatic heterocycles. The van der Waals surface area contributed by atoms with E-state index in [0.717, 1.165) is 0 Å². The van der Waals surface area contributed by atoms with Crippen LogP contribution in [0.3, 0.4) is 0 Å². The van der Waals surface area contributed by atoms with Crippen LogP contribution in [0.4, 0.5) is 0 Å². The van der Waals surface area contributed by atoms with E-state index in [2.05, 4.69) is 5.32 Å². The summed E-state index contributed by atoms with van der Waals surface area (Å²) in [6.07, 6.45) is -0.618. The van der Waals surface area contributed by atoms with Gasteiger partial charge in [0.15, 0.2) is 6.10 Å². The second kappa shape index (κ2) is 7.36. The van der Waals surface area contributed by atoms with Crippen LogP contribution in [0, 0.1) is 5.92 Å². The lowest BCUT2D eigenvalue weighted by atomic mass is 10.1. The Balaban J connectivity index is 2.75. The third-order valence-electron chi connectivity index (χ3n) is 2.59. The van der Waals surface area contributed by atoms with Crippen LogP contribution in [0.2, 0.25) is 5.02 Å². The molecular formula is C14H20ClNO3. The molecule has 5 heteroatoms. The number of rotatable bonds is 6. The first kappa shape index (κ1) is 15.8. The molecule has 1 amide bonds. The first-order chi connectivity index (χ1) is 8.93.